The van der Waals surface area contributed by atoms with Crippen LogP contribution < -0.4 is 0 Å². The van der Waals surface area contributed by atoms with Crippen LogP contribution in [0.2, 0.25) is 0 Å². The minimum Gasteiger partial charge on any atom is -0.330 e. The molecular formula is C29H23N3O. The highest BCUT2D eigenvalue weighted by molar-refractivity contribution is 5.94. The second-order valence-corrected chi connectivity index (χ2v) is 8.01. The molecule has 0 saturated carbocycles. The van der Waals surface area contributed by atoms with E-state index in [4.69, 9.17) is 0 Å². The largest absolute Gasteiger partial charge is 0.330 e. The number of pyridine rings is 2. The molecule has 0 aliphatic rings. The van der Waals surface area contributed by atoms with Crippen LogP contribution in [0, 0.1) is 0 Å². The average molecular weight is 430 g/mol. The van der Waals surface area contributed by atoms with Gasteiger partial charge in [-0.3, -0.25) is 14.8 Å². The number of amides is 1. The van der Waals surface area contributed by atoms with E-state index in [2.05, 4.69) is 46.4 Å². The van der Waals surface area contributed by atoms with Crippen molar-refractivity contribution in [3.8, 4) is 11.1 Å². The predicted octanol–water partition coefficient (Wildman–Crippen LogP) is 6.14. The standard InChI is InChI=1S/C29H23N3O/c33-29(27-13-7-15-30-19-27)32(21-23-17-26-11-4-5-14-28(26)31-18-23)20-22-8-6-12-25(16-22)24-9-2-1-3-10-24/h1-19H,20-21H2. The van der Waals surface area contributed by atoms with E-state index in [0.717, 1.165) is 33.2 Å². The lowest BCUT2D eigenvalue weighted by atomic mass is 10.0. The Labute approximate surface area is 193 Å². The van der Waals surface area contributed by atoms with Crippen molar-refractivity contribution in [3.05, 3.63) is 132 Å². The van der Waals surface area contributed by atoms with Crippen molar-refractivity contribution in [2.24, 2.45) is 0 Å². The maximum Gasteiger partial charge on any atom is 0.256 e. The van der Waals surface area contributed by atoms with Gasteiger partial charge in [-0.05, 0) is 52.6 Å². The number of benzene rings is 3. The van der Waals surface area contributed by atoms with Gasteiger partial charge in [0.05, 0.1) is 11.1 Å². The van der Waals surface area contributed by atoms with Crippen molar-refractivity contribution in [2.45, 2.75) is 13.1 Å². The molecular weight excluding hydrogens is 406 g/mol. The molecule has 0 saturated heterocycles. The first-order valence-corrected chi connectivity index (χ1v) is 10.9. The molecule has 4 heteroatoms. The van der Waals surface area contributed by atoms with Crippen LogP contribution in [0.5, 0.6) is 0 Å². The second-order valence-electron chi connectivity index (χ2n) is 8.01. The van der Waals surface area contributed by atoms with Gasteiger partial charge in [0.25, 0.3) is 5.91 Å². The Hall–Kier alpha value is -4.31. The minimum atomic E-state index is -0.0543. The summed E-state index contributed by atoms with van der Waals surface area (Å²) in [6.07, 6.45) is 5.15. The molecule has 0 atom stereocenters. The molecule has 4 nitrogen and oxygen atoms in total. The molecule has 0 fully saturated rings. The van der Waals surface area contributed by atoms with E-state index >= 15 is 0 Å². The highest BCUT2D eigenvalue weighted by Crippen LogP contribution is 2.22. The summed E-state index contributed by atoms with van der Waals surface area (Å²) >= 11 is 0. The minimum absolute atomic E-state index is 0.0543. The lowest BCUT2D eigenvalue weighted by molar-refractivity contribution is 0.0729. The molecule has 0 spiro atoms. The molecule has 5 rings (SSSR count). The van der Waals surface area contributed by atoms with Crippen molar-refractivity contribution < 1.29 is 4.79 Å². The normalized spacial score (nSPS) is 10.8. The topological polar surface area (TPSA) is 46.1 Å². The highest BCUT2D eigenvalue weighted by atomic mass is 16.2. The van der Waals surface area contributed by atoms with Crippen LogP contribution in [0.25, 0.3) is 22.0 Å². The third-order valence-corrected chi connectivity index (χ3v) is 5.62. The zero-order valence-corrected chi connectivity index (χ0v) is 18.1. The molecule has 3 aromatic carbocycles. The molecule has 0 bridgehead atoms. The molecule has 0 aliphatic heterocycles. The summed E-state index contributed by atoms with van der Waals surface area (Å²) < 4.78 is 0. The summed E-state index contributed by atoms with van der Waals surface area (Å²) in [6.45, 7) is 0.947. The molecule has 0 radical (unpaired) electrons. The number of hydrogen-bond donors (Lipinski definition) is 0. The van der Waals surface area contributed by atoms with Crippen LogP contribution in [0.4, 0.5) is 0 Å². The van der Waals surface area contributed by atoms with Crippen LogP contribution in [0.1, 0.15) is 21.5 Å². The number of para-hydroxylation sites is 1. The van der Waals surface area contributed by atoms with E-state index in [1.165, 1.54) is 0 Å². The fraction of sp³-hybridized carbons (Fsp3) is 0.0690. The first-order valence-electron chi connectivity index (χ1n) is 10.9. The fourth-order valence-corrected chi connectivity index (χ4v) is 4.00. The summed E-state index contributed by atoms with van der Waals surface area (Å²) in [4.78, 5) is 24.0. The van der Waals surface area contributed by atoms with Crippen molar-refractivity contribution >= 4 is 16.8 Å². The molecule has 160 valence electrons. The summed E-state index contributed by atoms with van der Waals surface area (Å²) in [5, 5.41) is 1.06. The SMILES string of the molecule is O=C(c1cccnc1)N(Cc1cccc(-c2ccccc2)c1)Cc1cnc2ccccc2c1. The molecule has 2 aromatic heterocycles. The Balaban J connectivity index is 1.47. The molecule has 1 amide bonds. The van der Waals surface area contributed by atoms with E-state index < -0.39 is 0 Å². The van der Waals surface area contributed by atoms with Crippen molar-refractivity contribution in [1.29, 1.82) is 0 Å². The number of carbonyl (C=O) groups excluding carboxylic acids is 1. The number of hydrogen-bond acceptors (Lipinski definition) is 3. The average Bonchev–Trinajstić information content (AvgIpc) is 2.89. The number of carbonyl (C=O) groups is 1. The highest BCUT2D eigenvalue weighted by Gasteiger charge is 2.18. The molecule has 5 aromatic rings. The third kappa shape index (κ3) is 4.80. The van der Waals surface area contributed by atoms with Crippen LogP contribution in [0.15, 0.2) is 116 Å². The van der Waals surface area contributed by atoms with Crippen LogP contribution in [-0.4, -0.2) is 20.8 Å². The summed E-state index contributed by atoms with van der Waals surface area (Å²) in [6, 6.07) is 32.3. The summed E-state index contributed by atoms with van der Waals surface area (Å²) in [5.74, 6) is -0.0543. The summed E-state index contributed by atoms with van der Waals surface area (Å²) in [5.41, 5.74) is 5.87. The monoisotopic (exact) mass is 429 g/mol. The van der Waals surface area contributed by atoms with Gasteiger partial charge in [0.1, 0.15) is 0 Å². The fourth-order valence-electron chi connectivity index (χ4n) is 4.00. The Morgan fingerprint density at radius 1 is 0.697 bits per heavy atom. The smallest absolute Gasteiger partial charge is 0.256 e. The molecule has 33 heavy (non-hydrogen) atoms. The van der Waals surface area contributed by atoms with Gasteiger partial charge in [0.15, 0.2) is 0 Å². The maximum absolute atomic E-state index is 13.4. The second kappa shape index (κ2) is 9.45. The Bertz CT molecular complexity index is 1380. The number of aromatic nitrogens is 2. The first-order chi connectivity index (χ1) is 16.3. The first kappa shape index (κ1) is 20.6. The van der Waals surface area contributed by atoms with Gasteiger partial charge in [0, 0.05) is 37.1 Å². The van der Waals surface area contributed by atoms with E-state index in [1.54, 1.807) is 24.5 Å². The Morgan fingerprint density at radius 2 is 1.48 bits per heavy atom. The van der Waals surface area contributed by atoms with Crippen molar-refractivity contribution in [2.75, 3.05) is 0 Å². The van der Waals surface area contributed by atoms with Crippen LogP contribution in [0.3, 0.4) is 0 Å². The predicted molar refractivity (Wildman–Crippen MR) is 131 cm³/mol. The Morgan fingerprint density at radius 3 is 2.33 bits per heavy atom. The van der Waals surface area contributed by atoms with Gasteiger partial charge in [0.2, 0.25) is 0 Å². The summed E-state index contributed by atoms with van der Waals surface area (Å²) in [7, 11) is 0. The van der Waals surface area contributed by atoms with Gasteiger partial charge >= 0.3 is 0 Å². The lowest BCUT2D eigenvalue weighted by Crippen LogP contribution is -2.30. The zero-order valence-electron chi connectivity index (χ0n) is 18.1. The lowest BCUT2D eigenvalue weighted by Gasteiger charge is -2.23. The van der Waals surface area contributed by atoms with Crippen LogP contribution >= 0.6 is 0 Å². The van der Waals surface area contributed by atoms with Crippen molar-refractivity contribution in [1.82, 2.24) is 14.9 Å². The third-order valence-electron chi connectivity index (χ3n) is 5.62. The van der Waals surface area contributed by atoms with Gasteiger partial charge in [-0.25, -0.2) is 0 Å². The van der Waals surface area contributed by atoms with Gasteiger partial charge < -0.3 is 4.90 Å². The van der Waals surface area contributed by atoms with E-state index in [0.29, 0.717) is 18.7 Å². The van der Waals surface area contributed by atoms with E-state index in [-0.39, 0.29) is 5.91 Å². The van der Waals surface area contributed by atoms with Crippen LogP contribution in [-0.2, 0) is 13.1 Å². The Kier molecular flexibility index (Phi) is 5.89. The van der Waals surface area contributed by atoms with E-state index in [1.807, 2.05) is 59.6 Å². The van der Waals surface area contributed by atoms with E-state index in [9.17, 15) is 4.79 Å². The van der Waals surface area contributed by atoms with Gasteiger partial charge in [-0.15, -0.1) is 0 Å². The number of rotatable bonds is 6. The van der Waals surface area contributed by atoms with Gasteiger partial charge in [-0.1, -0.05) is 66.7 Å². The molecule has 0 aliphatic carbocycles. The number of nitrogens with zero attached hydrogens (tertiary/aromatic N) is 3. The number of fused-ring (bicyclic) bond motifs is 1. The molecule has 0 N–H and O–H groups in total. The van der Waals surface area contributed by atoms with Crippen molar-refractivity contribution in [3.63, 3.8) is 0 Å². The van der Waals surface area contributed by atoms with Gasteiger partial charge in [-0.2, -0.15) is 0 Å². The molecule has 0 unspecified atom stereocenters. The molecule has 2 heterocycles. The zero-order chi connectivity index (χ0) is 22.5. The quantitative estimate of drug-likeness (QED) is 0.326. The maximum atomic E-state index is 13.4.